The van der Waals surface area contributed by atoms with Crippen molar-refractivity contribution in [2.24, 2.45) is 10.8 Å². The molecule has 0 unspecified atom stereocenters. The van der Waals surface area contributed by atoms with Gasteiger partial charge in [-0.15, -0.1) is 0 Å². The van der Waals surface area contributed by atoms with Crippen LogP contribution in [0.3, 0.4) is 0 Å². The summed E-state index contributed by atoms with van der Waals surface area (Å²) < 4.78 is 0. The summed E-state index contributed by atoms with van der Waals surface area (Å²) in [6.45, 7) is 12.1. The minimum absolute atomic E-state index is 0.169. The lowest BCUT2D eigenvalue weighted by atomic mass is 9.44. The average Bonchev–Trinajstić information content (AvgIpc) is 2.78. The van der Waals surface area contributed by atoms with Gasteiger partial charge in [0.2, 0.25) is 5.78 Å². The van der Waals surface area contributed by atoms with Crippen molar-refractivity contribution < 1.29 is 44.7 Å². The van der Waals surface area contributed by atoms with Gasteiger partial charge in [-0.2, -0.15) is 0 Å². The Balaban J connectivity index is 2.17. The highest BCUT2D eigenvalue weighted by molar-refractivity contribution is 6.25. The molecule has 204 valence electrons. The maximum Gasteiger partial charge on any atom is 0.209 e. The van der Waals surface area contributed by atoms with Gasteiger partial charge >= 0.3 is 0 Å². The quantitative estimate of drug-likeness (QED) is 0.286. The molecular weight excluding hydrogens is 492 g/mol. The average molecular weight is 527 g/mol. The topological polar surface area (TPSA) is 169 Å². The molecule has 0 fully saturated rings. The van der Waals surface area contributed by atoms with Crippen LogP contribution in [-0.4, -0.2) is 60.4 Å². The van der Waals surface area contributed by atoms with Crippen LogP contribution in [0.1, 0.15) is 99.6 Å². The van der Waals surface area contributed by atoms with Crippen LogP contribution >= 0.6 is 0 Å². The van der Waals surface area contributed by atoms with Crippen LogP contribution in [-0.2, 0) is 15.0 Å². The summed E-state index contributed by atoms with van der Waals surface area (Å²) in [5.74, 6) is -6.46. The van der Waals surface area contributed by atoms with E-state index in [2.05, 4.69) is 0 Å². The largest absolute Gasteiger partial charge is 0.511 e. The first-order valence-electron chi connectivity index (χ1n) is 12.5. The minimum Gasteiger partial charge on any atom is -0.511 e. The number of allylic oxidation sites excluding steroid dienone is 1. The Morgan fingerprint density at radius 3 is 2.05 bits per heavy atom. The molecule has 0 amide bonds. The molecule has 1 aromatic carbocycles. The van der Waals surface area contributed by atoms with Crippen LogP contribution in [0, 0.1) is 10.8 Å². The summed E-state index contributed by atoms with van der Waals surface area (Å²) in [6, 6.07) is 1.53. The van der Waals surface area contributed by atoms with E-state index in [0.29, 0.717) is 5.56 Å². The van der Waals surface area contributed by atoms with Gasteiger partial charge in [-0.25, -0.2) is 0 Å². The van der Waals surface area contributed by atoms with E-state index in [4.69, 9.17) is 0 Å². The number of aromatic hydroxyl groups is 1. The molecule has 3 aliphatic carbocycles. The van der Waals surface area contributed by atoms with Gasteiger partial charge in [0.05, 0.1) is 17.2 Å². The summed E-state index contributed by atoms with van der Waals surface area (Å²) >= 11 is 0. The zero-order valence-corrected chi connectivity index (χ0v) is 22.8. The van der Waals surface area contributed by atoms with Crippen molar-refractivity contribution in [3.8, 4) is 5.75 Å². The number of hydrogen-bond donors (Lipinski definition) is 5. The van der Waals surface area contributed by atoms with Gasteiger partial charge in [0, 0.05) is 28.4 Å². The molecule has 0 bridgehead atoms. The predicted octanol–water partition coefficient (Wildman–Crippen LogP) is 3.50. The van der Waals surface area contributed by atoms with E-state index >= 15 is 0 Å². The van der Waals surface area contributed by atoms with Crippen LogP contribution < -0.4 is 0 Å². The third-order valence-electron chi connectivity index (χ3n) is 9.16. The van der Waals surface area contributed by atoms with Crippen molar-refractivity contribution in [3.63, 3.8) is 0 Å². The number of phenols is 1. The van der Waals surface area contributed by atoms with E-state index in [1.165, 1.54) is 26.8 Å². The Labute approximate surface area is 220 Å². The third kappa shape index (κ3) is 3.00. The molecule has 0 aromatic heterocycles. The lowest BCUT2D eigenvalue weighted by Crippen LogP contribution is -2.70. The van der Waals surface area contributed by atoms with Crippen molar-refractivity contribution in [1.82, 2.24) is 0 Å². The number of ketones is 4. The van der Waals surface area contributed by atoms with Crippen molar-refractivity contribution in [2.45, 2.75) is 84.8 Å². The fraction of sp³-hybridized carbons (Fsp3) is 0.517. The Morgan fingerprint density at radius 1 is 1.03 bits per heavy atom. The first kappa shape index (κ1) is 27.7. The van der Waals surface area contributed by atoms with Crippen LogP contribution in [0.2, 0.25) is 0 Å². The number of aliphatic hydroxyl groups excluding tert-OH is 3. The van der Waals surface area contributed by atoms with E-state index in [1.54, 1.807) is 27.7 Å². The number of fused-ring (bicyclic) bond motifs is 3. The molecular formula is C29H34O9. The summed E-state index contributed by atoms with van der Waals surface area (Å²) in [5.41, 5.74) is -8.01. The van der Waals surface area contributed by atoms with Gasteiger partial charge in [0.25, 0.3) is 0 Å². The van der Waals surface area contributed by atoms with Crippen molar-refractivity contribution in [2.75, 3.05) is 0 Å². The fourth-order valence-corrected chi connectivity index (χ4v) is 6.87. The molecule has 0 radical (unpaired) electrons. The second kappa shape index (κ2) is 7.86. The Kier molecular flexibility index (Phi) is 5.74. The number of phenolic OH excluding ortho intramolecular Hbond substituents is 1. The molecule has 9 heteroatoms. The Bertz CT molecular complexity index is 1420. The van der Waals surface area contributed by atoms with E-state index in [-0.39, 0.29) is 22.5 Å². The van der Waals surface area contributed by atoms with Crippen LogP contribution in [0.5, 0.6) is 5.75 Å². The summed E-state index contributed by atoms with van der Waals surface area (Å²) in [6.07, 6.45) is -2.26. The summed E-state index contributed by atoms with van der Waals surface area (Å²) in [7, 11) is 0. The number of Topliss-reactive ketones (excluding diaryl/α,β-unsaturated/α-hetero) is 4. The minimum atomic E-state index is -2.91. The van der Waals surface area contributed by atoms with Crippen molar-refractivity contribution in [1.29, 1.82) is 0 Å². The van der Waals surface area contributed by atoms with E-state index in [0.717, 1.165) is 6.92 Å². The van der Waals surface area contributed by atoms with Gasteiger partial charge < -0.3 is 25.5 Å². The number of carbonyl (C=O) groups excluding carboxylic acids is 4. The SMILES string of the molecule is CC(=O)C1=C(O)C[C@@]2(C)[C@H](O)[C@]3(C)C(=C(O)[C@@]2(O)C1=O)C(=O)c1c(O)c(C(C)(C)C)cc(C(C)=O)c1[C@H]3C. The summed E-state index contributed by atoms with van der Waals surface area (Å²) in [4.78, 5) is 52.7. The second-order valence-electron chi connectivity index (χ2n) is 12.4. The highest BCUT2D eigenvalue weighted by Crippen LogP contribution is 2.65. The standard InChI is InChI=1S/C29H34O9/c1-11-17-14(12(2)30)9-15(26(4,5)6)21(33)19(17)22(34)20-24(36)29(38)23(35)18(13(3)31)16(32)10-27(29,7)25(37)28(11,20)8/h9,11,25,32-33,36-38H,10H2,1-8H3/t11-,25+,27+,28+,29+/m1/s1. The van der Waals surface area contributed by atoms with E-state index in [1.807, 2.05) is 0 Å². The highest BCUT2D eigenvalue weighted by atomic mass is 16.4. The van der Waals surface area contributed by atoms with Gasteiger partial charge in [0.1, 0.15) is 22.8 Å². The molecule has 0 heterocycles. The first-order chi connectivity index (χ1) is 17.2. The van der Waals surface area contributed by atoms with Crippen molar-refractivity contribution >= 4 is 23.1 Å². The second-order valence-corrected chi connectivity index (χ2v) is 12.4. The summed E-state index contributed by atoms with van der Waals surface area (Å²) in [5, 5.41) is 57.2. The number of rotatable bonds is 2. The lowest BCUT2D eigenvalue weighted by Gasteiger charge is -2.60. The molecule has 9 nitrogen and oxygen atoms in total. The molecule has 0 aliphatic heterocycles. The zero-order chi connectivity index (χ0) is 29.1. The first-order valence-corrected chi connectivity index (χ1v) is 12.5. The van der Waals surface area contributed by atoms with Gasteiger partial charge in [-0.3, -0.25) is 19.2 Å². The maximum atomic E-state index is 14.2. The lowest BCUT2D eigenvalue weighted by molar-refractivity contribution is -0.191. The smallest absolute Gasteiger partial charge is 0.209 e. The molecule has 5 atom stereocenters. The van der Waals surface area contributed by atoms with Gasteiger partial charge in [0.15, 0.2) is 23.0 Å². The third-order valence-corrected chi connectivity index (χ3v) is 9.16. The molecule has 3 aliphatic rings. The van der Waals surface area contributed by atoms with Crippen LogP contribution in [0.15, 0.2) is 28.7 Å². The Hall–Kier alpha value is -3.30. The van der Waals surface area contributed by atoms with Crippen molar-refractivity contribution in [3.05, 3.63) is 51.0 Å². The number of hydrogen-bond acceptors (Lipinski definition) is 9. The van der Waals surface area contributed by atoms with Gasteiger partial charge in [-0.1, -0.05) is 41.5 Å². The molecule has 1 aromatic rings. The van der Waals surface area contributed by atoms with Crippen LogP contribution in [0.25, 0.3) is 0 Å². The molecule has 4 rings (SSSR count). The predicted molar refractivity (Wildman–Crippen MR) is 136 cm³/mol. The Morgan fingerprint density at radius 2 is 1.58 bits per heavy atom. The molecule has 0 saturated carbocycles. The number of aliphatic hydroxyl groups is 4. The van der Waals surface area contributed by atoms with E-state index in [9.17, 15) is 44.7 Å². The normalized spacial score (nSPS) is 33.1. The molecule has 5 N–H and O–H groups in total. The van der Waals surface area contributed by atoms with Gasteiger partial charge in [-0.05, 0) is 36.8 Å². The maximum absolute atomic E-state index is 14.2. The monoisotopic (exact) mass is 526 g/mol. The molecule has 0 spiro atoms. The fourth-order valence-electron chi connectivity index (χ4n) is 6.87. The highest BCUT2D eigenvalue weighted by Gasteiger charge is 2.73. The number of benzene rings is 1. The molecule has 38 heavy (non-hydrogen) atoms. The zero-order valence-electron chi connectivity index (χ0n) is 22.8. The molecule has 0 saturated heterocycles. The number of carbonyl (C=O) groups is 4. The van der Waals surface area contributed by atoms with Crippen LogP contribution in [0.4, 0.5) is 0 Å². The van der Waals surface area contributed by atoms with E-state index < -0.39 is 86.1 Å².